The minimum Gasteiger partial charge on any atom is -0.305 e. The molecule has 0 saturated heterocycles. The van der Waals surface area contributed by atoms with Crippen LogP contribution in [0.5, 0.6) is 0 Å². The van der Waals surface area contributed by atoms with Gasteiger partial charge in [-0.1, -0.05) is 18.2 Å². The summed E-state index contributed by atoms with van der Waals surface area (Å²) in [4.78, 5) is -0.324. The molecular weight excluding hydrogens is 427 g/mol. The van der Waals surface area contributed by atoms with Gasteiger partial charge in [-0.05, 0) is 50.2 Å². The number of rotatable bonds is 7. The zero-order chi connectivity index (χ0) is 21.4. The third-order valence-corrected chi connectivity index (χ3v) is 7.14. The number of benzene rings is 2. The molecule has 0 aromatic heterocycles. The number of primary sulfonamides is 2. The molecule has 0 amide bonds. The minimum atomic E-state index is -3.80. The second kappa shape index (κ2) is 10.3. The lowest BCUT2D eigenvalue weighted by Crippen LogP contribution is -2.14. The van der Waals surface area contributed by atoms with Gasteiger partial charge in [0, 0.05) is 0 Å². The van der Waals surface area contributed by atoms with Gasteiger partial charge >= 0.3 is 7.60 Å². The van der Waals surface area contributed by atoms with E-state index in [1.165, 1.54) is 0 Å². The van der Waals surface area contributed by atoms with Crippen molar-refractivity contribution >= 4 is 32.9 Å². The Labute approximate surface area is 165 Å². The van der Waals surface area contributed by atoms with Gasteiger partial charge in [-0.15, -0.1) is 0 Å². The summed E-state index contributed by atoms with van der Waals surface area (Å²) in [6, 6.07) is 13.3. The second-order valence-corrected chi connectivity index (χ2v) is 10.4. The maximum absolute atomic E-state index is 12.2. The summed E-state index contributed by atoms with van der Waals surface area (Å²) in [5.41, 5.74) is 0. The van der Waals surface area contributed by atoms with E-state index in [1.54, 1.807) is 26.0 Å². The smallest absolute Gasteiger partial charge is 0.305 e. The molecule has 0 unspecified atom stereocenters. The molecule has 4 N–H and O–H groups in total. The quantitative estimate of drug-likeness (QED) is 0.606. The number of hydrogen-bond donors (Lipinski definition) is 2. The van der Waals surface area contributed by atoms with Crippen molar-refractivity contribution in [3.8, 4) is 0 Å². The van der Waals surface area contributed by atoms with Gasteiger partial charge in [-0.3, -0.25) is 4.57 Å². The predicted octanol–water partition coefficient (Wildman–Crippen LogP) is 1.56. The fraction of sp³-hybridized carbons (Fsp3) is 0.250. The largest absolute Gasteiger partial charge is 0.361 e. The normalized spacial score (nSPS) is 12.1. The van der Waals surface area contributed by atoms with Crippen molar-refractivity contribution in [3.05, 3.63) is 54.6 Å². The third kappa shape index (κ3) is 7.44. The Morgan fingerprint density at radius 2 is 1.11 bits per heavy atom. The molecule has 12 heteroatoms. The Balaban J connectivity index is 0.000000280. The molecular formula is C16H23N2O7PS2. The van der Waals surface area contributed by atoms with Gasteiger partial charge in [-0.2, -0.15) is 0 Å². The van der Waals surface area contributed by atoms with Crippen LogP contribution in [-0.4, -0.2) is 30.0 Å². The first kappa shape index (κ1) is 24.4. The zero-order valence-electron chi connectivity index (χ0n) is 15.4. The molecule has 2 aromatic rings. The lowest BCUT2D eigenvalue weighted by atomic mass is 10.4. The Hall–Kier alpha value is -1.59. The molecule has 0 aliphatic carbocycles. The van der Waals surface area contributed by atoms with Crippen molar-refractivity contribution < 1.29 is 30.4 Å². The lowest BCUT2D eigenvalue weighted by molar-refractivity contribution is 0.230. The zero-order valence-corrected chi connectivity index (χ0v) is 17.9. The van der Waals surface area contributed by atoms with Crippen LogP contribution in [0.4, 0.5) is 0 Å². The number of hydrogen-bond acceptors (Lipinski definition) is 7. The first-order valence-electron chi connectivity index (χ1n) is 8.04. The van der Waals surface area contributed by atoms with Crippen LogP contribution in [0.3, 0.4) is 0 Å². The van der Waals surface area contributed by atoms with Crippen molar-refractivity contribution in [2.75, 3.05) is 13.2 Å². The van der Waals surface area contributed by atoms with Crippen LogP contribution in [0, 0.1) is 0 Å². The summed E-state index contributed by atoms with van der Waals surface area (Å²) in [6.45, 7) is 4.36. The molecule has 0 heterocycles. The first-order valence-corrected chi connectivity index (χ1v) is 12.7. The van der Waals surface area contributed by atoms with Crippen LogP contribution >= 0.6 is 7.60 Å². The van der Waals surface area contributed by atoms with E-state index >= 15 is 0 Å². The van der Waals surface area contributed by atoms with Crippen LogP contribution in [0.2, 0.25) is 0 Å². The van der Waals surface area contributed by atoms with E-state index in [0.29, 0.717) is 18.5 Å². The molecule has 0 aliphatic heterocycles. The van der Waals surface area contributed by atoms with Crippen LogP contribution in [0.1, 0.15) is 13.8 Å². The van der Waals surface area contributed by atoms with Crippen molar-refractivity contribution in [2.24, 2.45) is 10.3 Å². The van der Waals surface area contributed by atoms with E-state index in [9.17, 15) is 21.4 Å². The molecule has 0 spiro atoms. The van der Waals surface area contributed by atoms with Crippen molar-refractivity contribution in [1.29, 1.82) is 0 Å². The highest BCUT2D eigenvalue weighted by molar-refractivity contribution is 7.89. The number of sulfonamides is 2. The first-order chi connectivity index (χ1) is 12.9. The van der Waals surface area contributed by atoms with Gasteiger partial charge < -0.3 is 9.05 Å². The van der Waals surface area contributed by atoms with Gasteiger partial charge in [0.25, 0.3) is 0 Å². The van der Waals surface area contributed by atoms with Gasteiger partial charge in [0.05, 0.1) is 28.3 Å². The monoisotopic (exact) mass is 450 g/mol. The highest BCUT2D eigenvalue weighted by Gasteiger charge is 2.25. The van der Waals surface area contributed by atoms with Gasteiger partial charge in [-0.25, -0.2) is 27.1 Å². The summed E-state index contributed by atoms with van der Waals surface area (Å²) in [5.74, 6) is 0. The average molecular weight is 450 g/mol. The molecule has 0 fully saturated rings. The summed E-state index contributed by atoms with van der Waals surface area (Å²) in [6.07, 6.45) is 0. The molecule has 28 heavy (non-hydrogen) atoms. The molecule has 156 valence electrons. The van der Waals surface area contributed by atoms with Crippen LogP contribution in [-0.2, 0) is 33.7 Å². The topological polar surface area (TPSA) is 156 Å². The number of nitrogens with two attached hydrogens (primary N) is 2. The fourth-order valence-electron chi connectivity index (χ4n) is 1.96. The van der Waals surface area contributed by atoms with Crippen molar-refractivity contribution in [1.82, 2.24) is 0 Å². The van der Waals surface area contributed by atoms with E-state index in [2.05, 4.69) is 0 Å². The van der Waals surface area contributed by atoms with E-state index in [4.69, 9.17) is 19.3 Å². The van der Waals surface area contributed by atoms with Crippen molar-refractivity contribution in [2.45, 2.75) is 23.6 Å². The summed E-state index contributed by atoms with van der Waals surface area (Å²) >= 11 is 0. The molecule has 2 aromatic carbocycles. The maximum atomic E-state index is 12.2. The average Bonchev–Trinajstić information content (AvgIpc) is 2.62. The van der Waals surface area contributed by atoms with Gasteiger partial charge in [0.2, 0.25) is 20.0 Å². The maximum Gasteiger partial charge on any atom is 0.361 e. The summed E-state index contributed by atoms with van der Waals surface area (Å²) in [5, 5.41) is 10.2. The van der Waals surface area contributed by atoms with Crippen LogP contribution in [0.15, 0.2) is 64.4 Å². The molecule has 0 bridgehead atoms. The third-order valence-electron chi connectivity index (χ3n) is 3.15. The molecule has 0 radical (unpaired) electrons. The van der Waals surface area contributed by atoms with Crippen molar-refractivity contribution in [3.63, 3.8) is 0 Å². The predicted molar refractivity (Wildman–Crippen MR) is 106 cm³/mol. The van der Waals surface area contributed by atoms with E-state index < -0.39 is 27.6 Å². The second-order valence-electron chi connectivity index (χ2n) is 5.23. The highest BCUT2D eigenvalue weighted by atomic mass is 32.2. The van der Waals surface area contributed by atoms with Gasteiger partial charge in [0.15, 0.2) is 0 Å². The Morgan fingerprint density at radius 1 is 0.750 bits per heavy atom. The molecule has 2 rings (SSSR count). The van der Waals surface area contributed by atoms with E-state index in [-0.39, 0.29) is 9.79 Å². The Morgan fingerprint density at radius 3 is 1.39 bits per heavy atom. The standard InChI is InChI=1S/C10H15O3P.C6H8N2O4S2/c1-3-12-14(11,13-4-2)10-8-6-5-7-9-10;7-13(9,10)5-1-2-6(4-3-5)14(8,11)12/h5-9H,3-4H2,1-2H3;1-4H,(H2,7,9,10)(H2,8,11,12). The van der Waals surface area contributed by atoms with E-state index in [0.717, 1.165) is 24.3 Å². The molecule has 9 nitrogen and oxygen atoms in total. The SMILES string of the molecule is CCOP(=O)(OCC)c1ccccc1.NS(=O)(=O)c1ccc(S(N)(=O)=O)cc1. The summed E-state index contributed by atoms with van der Waals surface area (Å²) < 4.78 is 65.7. The molecule has 0 saturated carbocycles. The van der Waals surface area contributed by atoms with Crippen LogP contribution in [0.25, 0.3) is 0 Å². The molecule has 0 atom stereocenters. The van der Waals surface area contributed by atoms with Gasteiger partial charge in [0.1, 0.15) is 0 Å². The Kier molecular flexibility index (Phi) is 8.96. The summed E-state index contributed by atoms with van der Waals surface area (Å²) in [7, 11) is -10.7. The van der Waals surface area contributed by atoms with Crippen LogP contribution < -0.4 is 15.6 Å². The molecule has 0 aliphatic rings. The fourth-order valence-corrected chi connectivity index (χ4v) is 4.58. The highest BCUT2D eigenvalue weighted by Crippen LogP contribution is 2.46. The van der Waals surface area contributed by atoms with E-state index in [1.807, 2.05) is 18.2 Å². The minimum absolute atomic E-state index is 0.162. The Bertz CT molecular complexity index is 948. The lowest BCUT2D eigenvalue weighted by Gasteiger charge is -2.16.